The molecule has 0 saturated heterocycles. The van der Waals surface area contributed by atoms with Crippen LogP contribution < -0.4 is 0 Å². The lowest BCUT2D eigenvalue weighted by Gasteiger charge is -2.17. The van der Waals surface area contributed by atoms with Gasteiger partial charge in [0, 0.05) is 12.3 Å². The molecule has 63 valence electrons. The molecule has 1 N–H and O–H groups in total. The van der Waals surface area contributed by atoms with Gasteiger partial charge in [0.15, 0.2) is 0 Å². The lowest BCUT2D eigenvalue weighted by atomic mass is 9.89. The maximum atomic E-state index is 10.8. The lowest BCUT2D eigenvalue weighted by Crippen LogP contribution is -2.29. The van der Waals surface area contributed by atoms with Crippen LogP contribution in [0.1, 0.15) is 19.5 Å². The third-order valence-electron chi connectivity index (χ3n) is 1.79. The van der Waals surface area contributed by atoms with E-state index in [-0.39, 0.29) is 0 Å². The number of aromatic nitrogens is 1. The van der Waals surface area contributed by atoms with Crippen molar-refractivity contribution in [3.63, 3.8) is 0 Å². The standard InChI is InChI=1S/C9H10NO2/c1-9(2,8(11)12)7-5-3-4-6-10-7/h3,5-6H,1-2H3,(H,11,12). The first kappa shape index (κ1) is 8.71. The normalized spacial score (nSPS) is 11.2. The summed E-state index contributed by atoms with van der Waals surface area (Å²) in [4.78, 5) is 14.7. The van der Waals surface area contributed by atoms with Gasteiger partial charge in [-0.25, -0.2) is 0 Å². The molecule has 1 aromatic rings. The van der Waals surface area contributed by atoms with E-state index >= 15 is 0 Å². The van der Waals surface area contributed by atoms with E-state index in [2.05, 4.69) is 11.1 Å². The van der Waals surface area contributed by atoms with Crippen molar-refractivity contribution in [1.29, 1.82) is 0 Å². The number of hydrogen-bond donors (Lipinski definition) is 1. The Morgan fingerprint density at radius 1 is 1.67 bits per heavy atom. The minimum atomic E-state index is -0.922. The Bertz CT molecular complexity index is 280. The second kappa shape index (κ2) is 2.93. The molecule has 0 saturated carbocycles. The van der Waals surface area contributed by atoms with Crippen molar-refractivity contribution < 1.29 is 9.90 Å². The van der Waals surface area contributed by atoms with Crippen molar-refractivity contribution in [2.45, 2.75) is 19.3 Å². The van der Waals surface area contributed by atoms with Gasteiger partial charge in [-0.2, -0.15) is 0 Å². The van der Waals surface area contributed by atoms with E-state index in [4.69, 9.17) is 5.11 Å². The van der Waals surface area contributed by atoms with E-state index in [1.54, 1.807) is 26.0 Å². The van der Waals surface area contributed by atoms with Crippen LogP contribution in [0.3, 0.4) is 0 Å². The van der Waals surface area contributed by atoms with Gasteiger partial charge < -0.3 is 5.11 Å². The van der Waals surface area contributed by atoms with Gasteiger partial charge in [0.1, 0.15) is 5.41 Å². The van der Waals surface area contributed by atoms with E-state index in [0.717, 1.165) is 0 Å². The molecular formula is C9H10NO2. The summed E-state index contributed by atoms with van der Waals surface area (Å²) in [5.41, 5.74) is -0.372. The molecular weight excluding hydrogens is 154 g/mol. The Balaban J connectivity index is 3.06. The monoisotopic (exact) mass is 164 g/mol. The average molecular weight is 164 g/mol. The first-order valence-corrected chi connectivity index (χ1v) is 3.61. The Morgan fingerprint density at radius 2 is 2.33 bits per heavy atom. The number of carbonyl (C=O) groups is 1. The summed E-state index contributed by atoms with van der Waals surface area (Å²) in [6.45, 7) is 3.25. The summed E-state index contributed by atoms with van der Waals surface area (Å²) in [6, 6.07) is 6.06. The van der Waals surface area contributed by atoms with E-state index < -0.39 is 11.4 Å². The maximum Gasteiger partial charge on any atom is 0.315 e. The van der Waals surface area contributed by atoms with Crippen LogP contribution in [-0.2, 0) is 10.2 Å². The van der Waals surface area contributed by atoms with Gasteiger partial charge >= 0.3 is 5.97 Å². The molecule has 1 radical (unpaired) electrons. The quantitative estimate of drug-likeness (QED) is 0.715. The van der Waals surface area contributed by atoms with E-state index in [1.807, 2.05) is 0 Å². The second-order valence-electron chi connectivity index (χ2n) is 3.07. The number of aliphatic carboxylic acids is 1. The topological polar surface area (TPSA) is 50.2 Å². The Morgan fingerprint density at radius 3 is 2.75 bits per heavy atom. The first-order chi connectivity index (χ1) is 5.55. The average Bonchev–Trinajstić information content (AvgIpc) is 2.06. The molecule has 1 rings (SSSR count). The summed E-state index contributed by atoms with van der Waals surface area (Å²) in [5, 5.41) is 8.84. The SMILES string of the molecule is CC(C)(C(=O)O)c1cc[c]cn1. The lowest BCUT2D eigenvalue weighted by molar-refractivity contribution is -0.142. The Labute approximate surface area is 71.1 Å². The third kappa shape index (κ3) is 1.44. The highest BCUT2D eigenvalue weighted by atomic mass is 16.4. The van der Waals surface area contributed by atoms with Gasteiger partial charge in [-0.3, -0.25) is 9.78 Å². The Hall–Kier alpha value is -1.38. The van der Waals surface area contributed by atoms with Crippen LogP contribution in [0.4, 0.5) is 0 Å². The fourth-order valence-corrected chi connectivity index (χ4v) is 0.799. The molecule has 3 nitrogen and oxygen atoms in total. The highest BCUT2D eigenvalue weighted by Gasteiger charge is 2.30. The summed E-state index contributed by atoms with van der Waals surface area (Å²) in [5.74, 6) is -0.874. The molecule has 0 aliphatic rings. The molecule has 0 spiro atoms. The summed E-state index contributed by atoms with van der Waals surface area (Å²) in [6.07, 6.45) is 1.47. The zero-order valence-electron chi connectivity index (χ0n) is 7.03. The van der Waals surface area contributed by atoms with Gasteiger partial charge in [-0.15, -0.1) is 0 Å². The predicted molar refractivity (Wildman–Crippen MR) is 43.7 cm³/mol. The van der Waals surface area contributed by atoms with Gasteiger partial charge in [-0.1, -0.05) is 6.07 Å². The van der Waals surface area contributed by atoms with E-state index in [1.165, 1.54) is 6.20 Å². The Kier molecular flexibility index (Phi) is 2.13. The van der Waals surface area contributed by atoms with Crippen LogP contribution in [0.25, 0.3) is 0 Å². The highest BCUT2D eigenvalue weighted by Crippen LogP contribution is 2.20. The summed E-state index contributed by atoms with van der Waals surface area (Å²) >= 11 is 0. The van der Waals surface area contributed by atoms with Crippen molar-refractivity contribution in [3.8, 4) is 0 Å². The van der Waals surface area contributed by atoms with Gasteiger partial charge in [0.2, 0.25) is 0 Å². The van der Waals surface area contributed by atoms with Crippen LogP contribution in [-0.4, -0.2) is 16.1 Å². The van der Waals surface area contributed by atoms with Crippen molar-refractivity contribution in [2.24, 2.45) is 0 Å². The smallest absolute Gasteiger partial charge is 0.315 e. The molecule has 0 amide bonds. The van der Waals surface area contributed by atoms with Crippen molar-refractivity contribution in [2.75, 3.05) is 0 Å². The largest absolute Gasteiger partial charge is 0.481 e. The van der Waals surface area contributed by atoms with Crippen LogP contribution in [0.5, 0.6) is 0 Å². The van der Waals surface area contributed by atoms with Crippen molar-refractivity contribution in [3.05, 3.63) is 30.1 Å². The molecule has 0 atom stereocenters. The van der Waals surface area contributed by atoms with E-state index in [0.29, 0.717) is 5.69 Å². The van der Waals surface area contributed by atoms with Crippen molar-refractivity contribution in [1.82, 2.24) is 4.98 Å². The van der Waals surface area contributed by atoms with E-state index in [9.17, 15) is 4.79 Å². The van der Waals surface area contributed by atoms with Crippen LogP contribution in [0, 0.1) is 6.07 Å². The number of rotatable bonds is 2. The molecule has 1 heterocycles. The molecule has 0 unspecified atom stereocenters. The third-order valence-corrected chi connectivity index (χ3v) is 1.79. The van der Waals surface area contributed by atoms with Crippen molar-refractivity contribution >= 4 is 5.97 Å². The number of carboxylic acid groups (broad SMARTS) is 1. The number of carboxylic acids is 1. The first-order valence-electron chi connectivity index (χ1n) is 3.61. The van der Waals surface area contributed by atoms with Gasteiger partial charge in [-0.05, 0) is 19.9 Å². The van der Waals surface area contributed by atoms with Gasteiger partial charge in [0.05, 0.1) is 5.69 Å². The summed E-state index contributed by atoms with van der Waals surface area (Å²) < 4.78 is 0. The van der Waals surface area contributed by atoms with Crippen LogP contribution in [0.15, 0.2) is 18.3 Å². The summed E-state index contributed by atoms with van der Waals surface area (Å²) in [7, 11) is 0. The molecule has 3 heteroatoms. The number of nitrogens with zero attached hydrogens (tertiary/aromatic N) is 1. The minimum Gasteiger partial charge on any atom is -0.481 e. The van der Waals surface area contributed by atoms with Crippen LogP contribution >= 0.6 is 0 Å². The molecule has 0 bridgehead atoms. The van der Waals surface area contributed by atoms with Crippen LogP contribution in [0.2, 0.25) is 0 Å². The zero-order valence-corrected chi connectivity index (χ0v) is 7.03. The highest BCUT2D eigenvalue weighted by molar-refractivity contribution is 5.79. The molecule has 0 aliphatic heterocycles. The predicted octanol–water partition coefficient (Wildman–Crippen LogP) is 1.24. The molecule has 12 heavy (non-hydrogen) atoms. The van der Waals surface area contributed by atoms with Gasteiger partial charge in [0.25, 0.3) is 0 Å². The molecule has 0 aliphatic carbocycles. The maximum absolute atomic E-state index is 10.8. The second-order valence-corrected chi connectivity index (χ2v) is 3.07. The fraction of sp³-hybridized carbons (Fsp3) is 0.333. The fourth-order valence-electron chi connectivity index (χ4n) is 0.799. The zero-order chi connectivity index (χ0) is 9.19. The molecule has 1 aromatic heterocycles. The number of hydrogen-bond acceptors (Lipinski definition) is 2. The number of pyridine rings is 1. The minimum absolute atomic E-state index is 0.550. The molecule has 0 fully saturated rings. The molecule has 0 aromatic carbocycles.